The summed E-state index contributed by atoms with van der Waals surface area (Å²) in [6, 6.07) is 9.23. The quantitative estimate of drug-likeness (QED) is 0.731. The highest BCUT2D eigenvalue weighted by Crippen LogP contribution is 2.32. The molecule has 0 bridgehead atoms. The predicted molar refractivity (Wildman–Crippen MR) is 89.8 cm³/mol. The third-order valence-electron chi connectivity index (χ3n) is 3.20. The fourth-order valence-corrected chi connectivity index (χ4v) is 2.36. The number of hydrogen-bond donors (Lipinski definition) is 1. The molecule has 1 amide bonds. The van der Waals surface area contributed by atoms with Crippen LogP contribution in [0.2, 0.25) is 0 Å². The number of benzene rings is 2. The van der Waals surface area contributed by atoms with Gasteiger partial charge >= 0.3 is 0 Å². The van der Waals surface area contributed by atoms with Gasteiger partial charge in [-0.05, 0) is 34.1 Å². The Labute approximate surface area is 146 Å². The Bertz CT molecular complexity index is 751. The van der Waals surface area contributed by atoms with E-state index in [-0.39, 0.29) is 24.7 Å². The van der Waals surface area contributed by atoms with E-state index >= 15 is 0 Å². The molecule has 0 aliphatic carbocycles. The van der Waals surface area contributed by atoms with E-state index < -0.39 is 5.91 Å². The number of carbonyl (C=O) groups excluding carboxylic acids is 2. The Kier molecular flexibility index (Phi) is 6.31. The molecule has 0 saturated carbocycles. The predicted octanol–water partition coefficient (Wildman–Crippen LogP) is 3.10. The smallest absolute Gasteiger partial charge is 0.258 e. The van der Waals surface area contributed by atoms with E-state index in [9.17, 15) is 14.0 Å². The third kappa shape index (κ3) is 4.55. The topological polar surface area (TPSA) is 64.6 Å². The lowest BCUT2D eigenvalue weighted by atomic mass is 10.2. The highest BCUT2D eigenvalue weighted by Gasteiger charge is 2.12. The zero-order valence-electron chi connectivity index (χ0n) is 12.8. The minimum absolute atomic E-state index is 0.0614. The number of aldehydes is 1. The number of carbonyl (C=O) groups is 2. The molecule has 126 valence electrons. The number of halogens is 2. The van der Waals surface area contributed by atoms with E-state index in [1.165, 1.54) is 19.2 Å². The molecule has 0 radical (unpaired) electrons. The van der Waals surface area contributed by atoms with Crippen molar-refractivity contribution in [1.29, 1.82) is 0 Å². The molecule has 1 N–H and O–H groups in total. The van der Waals surface area contributed by atoms with E-state index in [0.717, 1.165) is 0 Å². The van der Waals surface area contributed by atoms with Gasteiger partial charge in [-0.15, -0.1) is 0 Å². The van der Waals surface area contributed by atoms with E-state index in [1.54, 1.807) is 24.3 Å². The van der Waals surface area contributed by atoms with Crippen molar-refractivity contribution in [3.63, 3.8) is 0 Å². The summed E-state index contributed by atoms with van der Waals surface area (Å²) in [5.74, 6) is -0.155. The second-order valence-electron chi connectivity index (χ2n) is 4.80. The molecule has 0 aliphatic rings. The number of rotatable bonds is 7. The van der Waals surface area contributed by atoms with Crippen molar-refractivity contribution in [2.24, 2.45) is 0 Å². The Hall–Kier alpha value is -2.41. The summed E-state index contributed by atoms with van der Waals surface area (Å²) in [7, 11) is 1.45. The molecule has 24 heavy (non-hydrogen) atoms. The monoisotopic (exact) mass is 395 g/mol. The minimum atomic E-state index is -0.420. The number of nitrogens with one attached hydrogen (secondary N) is 1. The van der Waals surface area contributed by atoms with Gasteiger partial charge in [0.25, 0.3) is 5.91 Å². The van der Waals surface area contributed by atoms with Crippen molar-refractivity contribution in [3.05, 3.63) is 57.8 Å². The van der Waals surface area contributed by atoms with Crippen LogP contribution < -0.4 is 14.8 Å². The van der Waals surface area contributed by atoms with Crippen molar-refractivity contribution in [2.75, 3.05) is 13.7 Å². The molecule has 7 heteroatoms. The molecular formula is C17H15BrFNO4. The third-order valence-corrected chi connectivity index (χ3v) is 3.89. The minimum Gasteiger partial charge on any atom is -0.493 e. The molecule has 0 aliphatic heterocycles. The van der Waals surface area contributed by atoms with Crippen LogP contribution in [0.1, 0.15) is 15.9 Å². The van der Waals surface area contributed by atoms with Crippen LogP contribution in [-0.2, 0) is 11.3 Å². The second kappa shape index (κ2) is 8.44. The average molecular weight is 396 g/mol. The van der Waals surface area contributed by atoms with Crippen molar-refractivity contribution in [1.82, 2.24) is 5.32 Å². The molecule has 0 atom stereocenters. The largest absolute Gasteiger partial charge is 0.493 e. The van der Waals surface area contributed by atoms with Gasteiger partial charge in [-0.2, -0.15) is 0 Å². The first kappa shape index (κ1) is 17.9. The van der Waals surface area contributed by atoms with Crippen LogP contribution in [0.25, 0.3) is 0 Å². The first-order chi connectivity index (χ1) is 11.5. The van der Waals surface area contributed by atoms with Gasteiger partial charge in [0.2, 0.25) is 0 Å². The fourth-order valence-electron chi connectivity index (χ4n) is 1.94. The summed E-state index contributed by atoms with van der Waals surface area (Å²) in [5, 5.41) is 2.56. The van der Waals surface area contributed by atoms with Crippen LogP contribution in [0.15, 0.2) is 40.9 Å². The fraction of sp³-hybridized carbons (Fsp3) is 0.176. The lowest BCUT2D eigenvalue weighted by molar-refractivity contribution is -0.123. The van der Waals surface area contributed by atoms with Crippen LogP contribution in [0.5, 0.6) is 11.5 Å². The maximum Gasteiger partial charge on any atom is 0.258 e. The van der Waals surface area contributed by atoms with E-state index in [1.807, 2.05) is 0 Å². The van der Waals surface area contributed by atoms with Gasteiger partial charge < -0.3 is 14.8 Å². The number of amides is 1. The summed E-state index contributed by atoms with van der Waals surface area (Å²) in [6.07, 6.45) is 0.661. The van der Waals surface area contributed by atoms with Crippen LogP contribution >= 0.6 is 15.9 Å². The normalized spacial score (nSPS) is 10.1. The number of methoxy groups -OCH3 is 1. The lowest BCUT2D eigenvalue weighted by Gasteiger charge is -2.12. The maximum atomic E-state index is 13.5. The van der Waals surface area contributed by atoms with Gasteiger partial charge in [0.05, 0.1) is 7.11 Å². The Morgan fingerprint density at radius 1 is 1.29 bits per heavy atom. The van der Waals surface area contributed by atoms with Gasteiger partial charge in [0.15, 0.2) is 24.4 Å². The Balaban J connectivity index is 1.96. The van der Waals surface area contributed by atoms with Crippen molar-refractivity contribution >= 4 is 28.1 Å². The molecule has 2 rings (SSSR count). The van der Waals surface area contributed by atoms with Gasteiger partial charge in [-0.25, -0.2) is 4.39 Å². The number of hydrogen-bond acceptors (Lipinski definition) is 4. The zero-order valence-corrected chi connectivity index (χ0v) is 14.4. The highest BCUT2D eigenvalue weighted by molar-refractivity contribution is 9.10. The molecule has 0 aromatic heterocycles. The van der Waals surface area contributed by atoms with Gasteiger partial charge in [0.1, 0.15) is 5.82 Å². The first-order valence-electron chi connectivity index (χ1n) is 7.00. The zero-order chi connectivity index (χ0) is 17.5. The highest BCUT2D eigenvalue weighted by atomic mass is 79.9. The maximum absolute atomic E-state index is 13.5. The summed E-state index contributed by atoms with van der Waals surface area (Å²) < 4.78 is 24.6. The molecule has 0 heterocycles. The van der Waals surface area contributed by atoms with E-state index in [4.69, 9.17) is 9.47 Å². The average Bonchev–Trinajstić information content (AvgIpc) is 2.59. The van der Waals surface area contributed by atoms with Crippen LogP contribution in [0.3, 0.4) is 0 Å². The molecule has 0 spiro atoms. The van der Waals surface area contributed by atoms with Crippen LogP contribution in [0, 0.1) is 5.82 Å². The summed E-state index contributed by atoms with van der Waals surface area (Å²) in [4.78, 5) is 22.8. The molecule has 5 nitrogen and oxygen atoms in total. The van der Waals surface area contributed by atoms with E-state index in [2.05, 4.69) is 21.2 Å². The summed E-state index contributed by atoms with van der Waals surface area (Å²) in [5.41, 5.74) is 0.757. The van der Waals surface area contributed by atoms with Gasteiger partial charge in [0, 0.05) is 22.1 Å². The second-order valence-corrected chi connectivity index (χ2v) is 5.65. The van der Waals surface area contributed by atoms with Crippen molar-refractivity contribution < 1.29 is 23.5 Å². The van der Waals surface area contributed by atoms with Gasteiger partial charge in [-0.1, -0.05) is 18.2 Å². The summed E-state index contributed by atoms with van der Waals surface area (Å²) in [6.45, 7) is -0.226. The molecule has 2 aromatic carbocycles. The molecule has 2 aromatic rings. The Morgan fingerprint density at radius 3 is 2.71 bits per heavy atom. The van der Waals surface area contributed by atoms with Crippen molar-refractivity contribution in [3.8, 4) is 11.5 Å². The lowest BCUT2D eigenvalue weighted by Crippen LogP contribution is -2.28. The molecule has 0 unspecified atom stereocenters. The molecule has 0 fully saturated rings. The van der Waals surface area contributed by atoms with E-state index in [0.29, 0.717) is 27.6 Å². The SMILES string of the molecule is COc1cc(Br)c(C=O)cc1OCC(=O)NCc1ccccc1F. The van der Waals surface area contributed by atoms with Crippen LogP contribution in [0.4, 0.5) is 4.39 Å². The van der Waals surface area contributed by atoms with Crippen molar-refractivity contribution in [2.45, 2.75) is 6.54 Å². The Morgan fingerprint density at radius 2 is 2.04 bits per heavy atom. The van der Waals surface area contributed by atoms with Crippen LogP contribution in [-0.4, -0.2) is 25.9 Å². The van der Waals surface area contributed by atoms with Gasteiger partial charge in [-0.3, -0.25) is 9.59 Å². The number of ether oxygens (including phenoxy) is 2. The summed E-state index contributed by atoms with van der Waals surface area (Å²) >= 11 is 3.24. The first-order valence-corrected chi connectivity index (χ1v) is 7.80. The molecular weight excluding hydrogens is 381 g/mol. The molecule has 0 saturated heterocycles. The standard InChI is InChI=1S/C17H15BrFNO4/c1-23-15-7-13(18)12(9-21)6-16(15)24-10-17(22)20-8-11-4-2-3-5-14(11)19/h2-7,9H,8,10H2,1H3,(H,20,22).